The van der Waals surface area contributed by atoms with Crippen molar-refractivity contribution in [3.63, 3.8) is 0 Å². The molecule has 0 spiro atoms. The van der Waals surface area contributed by atoms with Crippen LogP contribution in [0.15, 0.2) is 0 Å². The van der Waals surface area contributed by atoms with Gasteiger partial charge in [0.2, 0.25) is 5.60 Å². The highest BCUT2D eigenvalue weighted by atomic mass is 16.6. The molecule has 0 aliphatic carbocycles. The summed E-state index contributed by atoms with van der Waals surface area (Å²) < 4.78 is 10.3. The van der Waals surface area contributed by atoms with E-state index in [0.717, 1.165) is 0 Å². The van der Waals surface area contributed by atoms with Gasteiger partial charge >= 0.3 is 6.09 Å². The molecule has 0 aromatic rings. The van der Waals surface area contributed by atoms with Crippen LogP contribution in [0, 0.1) is 17.8 Å². The van der Waals surface area contributed by atoms with Crippen LogP contribution < -0.4 is 5.73 Å². The molecule has 2 N–H and O–H groups in total. The molecule has 0 saturated carbocycles. The lowest BCUT2D eigenvalue weighted by molar-refractivity contribution is -0.238. The monoisotopic (exact) mass is 197 g/mol. The van der Waals surface area contributed by atoms with Crippen molar-refractivity contribution < 1.29 is 14.3 Å². The highest BCUT2D eigenvalue weighted by Crippen LogP contribution is 2.40. The van der Waals surface area contributed by atoms with Gasteiger partial charge in [0.1, 0.15) is 12.7 Å². The number of terminal acetylenes is 1. The average Bonchev–Trinajstić information content (AvgIpc) is 1.94. The molecule has 0 radical (unpaired) electrons. The van der Waals surface area contributed by atoms with E-state index in [0.29, 0.717) is 0 Å². The van der Waals surface area contributed by atoms with Crippen LogP contribution in [0.5, 0.6) is 0 Å². The van der Waals surface area contributed by atoms with Gasteiger partial charge in [0.15, 0.2) is 0 Å². The third kappa shape index (κ3) is 1.68. The van der Waals surface area contributed by atoms with E-state index in [4.69, 9.17) is 21.6 Å². The largest absolute Gasteiger partial charge is 0.424 e. The van der Waals surface area contributed by atoms with E-state index >= 15 is 0 Å². The van der Waals surface area contributed by atoms with Gasteiger partial charge in [-0.2, -0.15) is 0 Å². The lowest BCUT2D eigenvalue weighted by Gasteiger charge is -2.49. The Balaban J connectivity index is 2.83. The zero-order valence-corrected chi connectivity index (χ0v) is 8.66. The van der Waals surface area contributed by atoms with Crippen molar-refractivity contribution in [2.75, 3.05) is 6.61 Å². The number of carbonyl (C=O) groups excluding carboxylic acids is 1. The van der Waals surface area contributed by atoms with Crippen LogP contribution in [0.1, 0.15) is 20.8 Å². The summed E-state index contributed by atoms with van der Waals surface area (Å²) in [5, 5.41) is 0. The van der Waals surface area contributed by atoms with Crippen molar-refractivity contribution in [1.29, 1.82) is 0 Å². The van der Waals surface area contributed by atoms with E-state index in [1.54, 1.807) is 0 Å². The van der Waals surface area contributed by atoms with Crippen LogP contribution in [0.25, 0.3) is 0 Å². The average molecular weight is 197 g/mol. The fourth-order valence-electron chi connectivity index (χ4n) is 1.68. The molecular weight excluding hydrogens is 182 g/mol. The first-order valence-electron chi connectivity index (χ1n) is 4.40. The lowest BCUT2D eigenvalue weighted by Crippen LogP contribution is -2.65. The summed E-state index contributed by atoms with van der Waals surface area (Å²) >= 11 is 0. The predicted octanol–water partition coefficient (Wildman–Crippen LogP) is 0.899. The number of ether oxygens (including phenoxy) is 2. The van der Waals surface area contributed by atoms with Gasteiger partial charge in [0.25, 0.3) is 0 Å². The summed E-state index contributed by atoms with van der Waals surface area (Å²) in [6.07, 6.45) is 4.18. The quantitative estimate of drug-likeness (QED) is 0.635. The summed E-state index contributed by atoms with van der Waals surface area (Å²) in [5.41, 5.74) is 3.79. The van der Waals surface area contributed by atoms with Gasteiger partial charge in [-0.15, -0.1) is 6.42 Å². The summed E-state index contributed by atoms with van der Waals surface area (Å²) in [4.78, 5) is 10.7. The summed E-state index contributed by atoms with van der Waals surface area (Å²) in [6.45, 7) is 6.11. The maximum absolute atomic E-state index is 10.7. The smallest absolute Gasteiger partial charge is 0.406 e. The molecular formula is C10H15NO3. The standard InChI is InChI=1S/C10H15NO3/c1-5-10(14-8(11)12)6-13-7(10)9(2,3)4/h1,7H,6H2,2-4H3,(H2,11,12). The Morgan fingerprint density at radius 3 is 2.50 bits per heavy atom. The summed E-state index contributed by atoms with van der Waals surface area (Å²) in [6, 6.07) is 0. The Kier molecular flexibility index (Phi) is 2.47. The van der Waals surface area contributed by atoms with E-state index in [2.05, 4.69) is 5.92 Å². The number of nitrogens with two attached hydrogens (primary N) is 1. The molecule has 1 heterocycles. The molecule has 1 saturated heterocycles. The molecule has 78 valence electrons. The molecule has 0 aromatic heterocycles. The molecule has 2 unspecified atom stereocenters. The predicted molar refractivity (Wildman–Crippen MR) is 51.4 cm³/mol. The van der Waals surface area contributed by atoms with Crippen molar-refractivity contribution in [3.05, 3.63) is 0 Å². The molecule has 1 aliphatic heterocycles. The normalized spacial score (nSPS) is 31.4. The van der Waals surface area contributed by atoms with Gasteiger partial charge in [-0.3, -0.25) is 0 Å². The molecule has 4 heteroatoms. The minimum absolute atomic E-state index is 0.180. The van der Waals surface area contributed by atoms with Gasteiger partial charge in [0.05, 0.1) is 0 Å². The third-order valence-corrected chi connectivity index (χ3v) is 2.20. The van der Waals surface area contributed by atoms with Crippen molar-refractivity contribution in [1.82, 2.24) is 0 Å². The van der Waals surface area contributed by atoms with E-state index < -0.39 is 11.7 Å². The Hall–Kier alpha value is -1.21. The molecule has 1 aliphatic rings. The second-order valence-electron chi connectivity index (χ2n) is 4.51. The van der Waals surface area contributed by atoms with Crippen LogP contribution in [0.4, 0.5) is 4.79 Å². The minimum atomic E-state index is -0.982. The van der Waals surface area contributed by atoms with Crippen molar-refractivity contribution >= 4 is 6.09 Å². The highest BCUT2D eigenvalue weighted by Gasteiger charge is 2.56. The topological polar surface area (TPSA) is 61.5 Å². The number of amides is 1. The maximum atomic E-state index is 10.7. The second kappa shape index (κ2) is 3.18. The van der Waals surface area contributed by atoms with Gasteiger partial charge in [-0.1, -0.05) is 26.7 Å². The summed E-state index contributed by atoms with van der Waals surface area (Å²) in [5.74, 6) is 2.45. The first-order chi connectivity index (χ1) is 6.32. The van der Waals surface area contributed by atoms with Crippen molar-refractivity contribution in [3.8, 4) is 12.3 Å². The number of hydrogen-bond acceptors (Lipinski definition) is 3. The zero-order chi connectivity index (χ0) is 11.0. The maximum Gasteiger partial charge on any atom is 0.406 e. The van der Waals surface area contributed by atoms with Crippen LogP contribution >= 0.6 is 0 Å². The third-order valence-electron chi connectivity index (χ3n) is 2.20. The Labute approximate surface area is 83.7 Å². The molecule has 2 atom stereocenters. The van der Waals surface area contributed by atoms with E-state index in [1.165, 1.54) is 0 Å². The number of rotatable bonds is 1. The zero-order valence-electron chi connectivity index (χ0n) is 8.66. The number of carbonyl (C=O) groups is 1. The minimum Gasteiger partial charge on any atom is -0.424 e. The van der Waals surface area contributed by atoms with Crippen LogP contribution in [0.2, 0.25) is 0 Å². The SMILES string of the molecule is C#CC1(OC(N)=O)COC1C(C)(C)C. The summed E-state index contributed by atoms with van der Waals surface area (Å²) in [7, 11) is 0. The van der Waals surface area contributed by atoms with Gasteiger partial charge in [-0.25, -0.2) is 4.79 Å². The van der Waals surface area contributed by atoms with Gasteiger partial charge < -0.3 is 15.2 Å². The fraction of sp³-hybridized carbons (Fsp3) is 0.700. The molecule has 1 fully saturated rings. The van der Waals surface area contributed by atoms with Crippen molar-refractivity contribution in [2.24, 2.45) is 11.1 Å². The molecule has 1 amide bonds. The molecule has 1 rings (SSSR count). The van der Waals surface area contributed by atoms with Crippen LogP contribution in [-0.4, -0.2) is 24.4 Å². The second-order valence-corrected chi connectivity index (χ2v) is 4.51. The Bertz CT molecular complexity index is 287. The molecule has 0 bridgehead atoms. The molecule has 4 nitrogen and oxygen atoms in total. The van der Waals surface area contributed by atoms with Gasteiger partial charge in [0, 0.05) is 0 Å². The van der Waals surface area contributed by atoms with E-state index in [9.17, 15) is 4.79 Å². The molecule has 0 aromatic carbocycles. The lowest BCUT2D eigenvalue weighted by atomic mass is 9.75. The first kappa shape index (κ1) is 10.9. The number of hydrogen-bond donors (Lipinski definition) is 1. The molecule has 14 heavy (non-hydrogen) atoms. The Morgan fingerprint density at radius 1 is 1.71 bits per heavy atom. The van der Waals surface area contributed by atoms with Crippen LogP contribution in [0.3, 0.4) is 0 Å². The van der Waals surface area contributed by atoms with E-state index in [1.807, 2.05) is 20.8 Å². The van der Waals surface area contributed by atoms with E-state index in [-0.39, 0.29) is 18.1 Å². The first-order valence-corrected chi connectivity index (χ1v) is 4.40. The number of primary amides is 1. The highest BCUT2D eigenvalue weighted by molar-refractivity contribution is 5.66. The van der Waals surface area contributed by atoms with Crippen molar-refractivity contribution in [2.45, 2.75) is 32.5 Å². The van der Waals surface area contributed by atoms with Gasteiger partial charge in [-0.05, 0) is 5.41 Å². The Morgan fingerprint density at radius 2 is 2.29 bits per heavy atom. The fourth-order valence-corrected chi connectivity index (χ4v) is 1.68. The van der Waals surface area contributed by atoms with Crippen LogP contribution in [-0.2, 0) is 9.47 Å².